The van der Waals surface area contributed by atoms with Gasteiger partial charge in [-0.25, -0.2) is 8.78 Å². The molecule has 1 nitrogen and oxygen atoms in total. The third-order valence-electron chi connectivity index (χ3n) is 1.83. The Kier molecular flexibility index (Phi) is 2.11. The fourth-order valence-electron chi connectivity index (χ4n) is 1.29. The van der Waals surface area contributed by atoms with Crippen LogP contribution in [0, 0.1) is 5.13 Å². The largest absolute Gasteiger partial charge is 0.508 e. The molecule has 0 saturated carbocycles. The molecule has 74 valence electrons. The van der Waals surface area contributed by atoms with Gasteiger partial charge < -0.3 is 5.11 Å². The van der Waals surface area contributed by atoms with Gasteiger partial charge in [0.2, 0.25) is 0 Å². The maximum Gasteiger partial charge on any atom is 0.265 e. The Morgan fingerprint density at radius 2 is 1.93 bits per heavy atom. The van der Waals surface area contributed by atoms with Crippen molar-refractivity contribution in [1.29, 1.82) is 0 Å². The maximum atomic E-state index is 12.8. The van der Waals surface area contributed by atoms with E-state index in [4.69, 9.17) is 5.11 Å². The van der Waals surface area contributed by atoms with Crippen LogP contribution in [0.4, 0.5) is 13.2 Å². The van der Waals surface area contributed by atoms with Crippen LogP contribution in [-0.4, -0.2) is 5.11 Å². The number of alkyl halides is 2. The van der Waals surface area contributed by atoms with Gasteiger partial charge in [0.05, 0.1) is 0 Å². The zero-order valence-corrected chi connectivity index (χ0v) is 7.62. The van der Waals surface area contributed by atoms with Crippen LogP contribution in [0.1, 0.15) is 12.0 Å². The first kappa shape index (κ1) is 9.33. The zero-order chi connectivity index (χ0) is 10.3. The van der Waals surface area contributed by atoms with E-state index in [-0.39, 0.29) is 16.0 Å². The third kappa shape index (κ3) is 1.43. The molecule has 1 N–H and O–H groups in total. The number of hydrogen-bond acceptors (Lipinski definition) is 2. The van der Waals surface area contributed by atoms with Crippen molar-refractivity contribution in [2.45, 2.75) is 6.43 Å². The molecule has 0 unspecified atom stereocenters. The van der Waals surface area contributed by atoms with Crippen molar-refractivity contribution in [2.24, 2.45) is 0 Å². The van der Waals surface area contributed by atoms with Crippen LogP contribution in [-0.2, 0) is 0 Å². The lowest BCUT2D eigenvalue weighted by Crippen LogP contribution is -1.83. The molecule has 0 radical (unpaired) electrons. The van der Waals surface area contributed by atoms with Crippen molar-refractivity contribution < 1.29 is 18.3 Å². The second-order valence-corrected chi connectivity index (χ2v) is 3.81. The molecule has 2 aromatic rings. The van der Waals surface area contributed by atoms with Gasteiger partial charge in [0.1, 0.15) is 5.75 Å². The molecule has 0 aliphatic carbocycles. The lowest BCUT2D eigenvalue weighted by Gasteiger charge is -2.01. The van der Waals surface area contributed by atoms with Crippen molar-refractivity contribution in [2.75, 3.05) is 0 Å². The number of benzene rings is 1. The average molecular weight is 218 g/mol. The number of halogens is 3. The second-order valence-electron chi connectivity index (χ2n) is 2.80. The van der Waals surface area contributed by atoms with Gasteiger partial charge >= 0.3 is 0 Å². The Labute approximate surface area is 81.4 Å². The van der Waals surface area contributed by atoms with E-state index < -0.39 is 11.6 Å². The molecule has 0 fully saturated rings. The molecular weight excluding hydrogens is 213 g/mol. The molecule has 0 aliphatic rings. The summed E-state index contributed by atoms with van der Waals surface area (Å²) in [6.07, 6.45) is -2.71. The first-order valence-electron chi connectivity index (χ1n) is 3.78. The molecule has 0 saturated heterocycles. The van der Waals surface area contributed by atoms with Crippen LogP contribution in [0.15, 0.2) is 18.2 Å². The first-order chi connectivity index (χ1) is 6.58. The van der Waals surface area contributed by atoms with Gasteiger partial charge in [0, 0.05) is 10.3 Å². The molecule has 14 heavy (non-hydrogen) atoms. The quantitative estimate of drug-likeness (QED) is 0.774. The molecule has 0 atom stereocenters. The minimum absolute atomic E-state index is 0.190. The molecular formula is C9H5F3OS. The van der Waals surface area contributed by atoms with Crippen molar-refractivity contribution in [1.82, 2.24) is 0 Å². The minimum Gasteiger partial charge on any atom is -0.508 e. The highest BCUT2D eigenvalue weighted by Crippen LogP contribution is 2.36. The Balaban J connectivity index is 2.79. The minimum atomic E-state index is -2.71. The van der Waals surface area contributed by atoms with Crippen molar-refractivity contribution >= 4 is 21.4 Å². The molecule has 5 heteroatoms. The van der Waals surface area contributed by atoms with Crippen molar-refractivity contribution in [3.05, 3.63) is 28.9 Å². The molecule has 0 spiro atoms. The average Bonchev–Trinajstić information content (AvgIpc) is 2.42. The van der Waals surface area contributed by atoms with Gasteiger partial charge in [-0.05, 0) is 23.6 Å². The number of aromatic hydroxyl groups is 1. The van der Waals surface area contributed by atoms with E-state index in [9.17, 15) is 13.2 Å². The van der Waals surface area contributed by atoms with Gasteiger partial charge in [-0.3, -0.25) is 0 Å². The first-order valence-corrected chi connectivity index (χ1v) is 4.59. The fourth-order valence-corrected chi connectivity index (χ4v) is 2.18. The summed E-state index contributed by atoms with van der Waals surface area (Å²) >= 11 is 0.658. The number of phenols is 1. The summed E-state index contributed by atoms with van der Waals surface area (Å²) in [5.41, 5.74) is -0.325. The summed E-state index contributed by atoms with van der Waals surface area (Å²) in [7, 11) is 0. The van der Waals surface area contributed by atoms with Crippen LogP contribution >= 0.6 is 11.3 Å². The van der Waals surface area contributed by atoms with Crippen LogP contribution in [0.3, 0.4) is 0 Å². The Morgan fingerprint density at radius 1 is 1.21 bits per heavy atom. The molecule has 0 amide bonds. The van der Waals surface area contributed by atoms with Crippen LogP contribution in [0.5, 0.6) is 5.75 Å². The van der Waals surface area contributed by atoms with E-state index in [0.717, 1.165) is 12.1 Å². The summed E-state index contributed by atoms with van der Waals surface area (Å²) in [6, 6.07) is 3.36. The van der Waals surface area contributed by atoms with E-state index in [1.165, 1.54) is 6.07 Å². The van der Waals surface area contributed by atoms with Gasteiger partial charge in [0.15, 0.2) is 5.13 Å². The smallest absolute Gasteiger partial charge is 0.265 e. The van der Waals surface area contributed by atoms with Gasteiger partial charge in [-0.1, -0.05) is 0 Å². The lowest BCUT2D eigenvalue weighted by atomic mass is 10.1. The molecule has 0 bridgehead atoms. The van der Waals surface area contributed by atoms with Crippen molar-refractivity contribution in [3.8, 4) is 5.75 Å². The molecule has 1 heterocycles. The monoisotopic (exact) mass is 218 g/mol. The standard InChI is InChI=1S/C9H5F3OS/c10-7-2-4-1-5(13)3-6(9(11)12)8(4)14-7/h1-3,9,13H. The SMILES string of the molecule is Oc1cc(C(F)F)c2sc(F)cc2c1. The zero-order valence-electron chi connectivity index (χ0n) is 6.80. The topological polar surface area (TPSA) is 20.2 Å². The highest BCUT2D eigenvalue weighted by molar-refractivity contribution is 7.17. The van der Waals surface area contributed by atoms with Gasteiger partial charge in [-0.15, -0.1) is 11.3 Å². The van der Waals surface area contributed by atoms with Gasteiger partial charge in [0.25, 0.3) is 6.43 Å². The number of phenolic OH excluding ortho intramolecular Hbond substituents is 1. The molecule has 2 rings (SSSR count). The predicted molar refractivity (Wildman–Crippen MR) is 48.4 cm³/mol. The Morgan fingerprint density at radius 3 is 2.57 bits per heavy atom. The summed E-state index contributed by atoms with van der Waals surface area (Å²) in [6.45, 7) is 0. The molecule has 1 aromatic carbocycles. The maximum absolute atomic E-state index is 12.8. The van der Waals surface area contributed by atoms with E-state index in [1.54, 1.807) is 0 Å². The summed E-state index contributed by atoms with van der Waals surface area (Å²) in [5, 5.41) is 8.89. The van der Waals surface area contributed by atoms with Crippen molar-refractivity contribution in [3.63, 3.8) is 0 Å². The number of thiophene rings is 1. The summed E-state index contributed by atoms with van der Waals surface area (Å²) in [4.78, 5) is 0. The molecule has 0 aliphatic heterocycles. The second kappa shape index (κ2) is 3.16. The van der Waals surface area contributed by atoms with Gasteiger partial charge in [-0.2, -0.15) is 4.39 Å². The van der Waals surface area contributed by atoms with E-state index >= 15 is 0 Å². The number of fused-ring (bicyclic) bond motifs is 1. The van der Waals surface area contributed by atoms with E-state index in [1.807, 2.05) is 0 Å². The van der Waals surface area contributed by atoms with E-state index in [0.29, 0.717) is 16.7 Å². The Bertz CT molecular complexity index is 478. The van der Waals surface area contributed by atoms with Crippen LogP contribution in [0.2, 0.25) is 0 Å². The lowest BCUT2D eigenvalue weighted by molar-refractivity contribution is 0.153. The number of rotatable bonds is 1. The highest BCUT2D eigenvalue weighted by Gasteiger charge is 2.15. The number of hydrogen-bond donors (Lipinski definition) is 1. The highest BCUT2D eigenvalue weighted by atomic mass is 32.1. The summed E-state index contributed by atoms with van der Waals surface area (Å²) < 4.78 is 37.9. The fraction of sp³-hybridized carbons (Fsp3) is 0.111. The predicted octanol–water partition coefficient (Wildman–Crippen LogP) is 3.68. The molecule has 1 aromatic heterocycles. The van der Waals surface area contributed by atoms with Crippen LogP contribution < -0.4 is 0 Å². The normalized spacial score (nSPS) is 11.4. The van der Waals surface area contributed by atoms with E-state index in [2.05, 4.69) is 0 Å². The van der Waals surface area contributed by atoms with Crippen LogP contribution in [0.25, 0.3) is 10.1 Å². The Hall–Kier alpha value is -1.23. The third-order valence-corrected chi connectivity index (χ3v) is 2.82. The summed E-state index contributed by atoms with van der Waals surface area (Å²) in [5.74, 6) is -0.273.